The Balaban J connectivity index is 1.55. The zero-order valence-corrected chi connectivity index (χ0v) is 28.8. The molecule has 19 heteroatoms. The van der Waals surface area contributed by atoms with Gasteiger partial charge in [0.1, 0.15) is 12.9 Å². The Kier molecular flexibility index (Phi) is 11.2. The summed E-state index contributed by atoms with van der Waals surface area (Å²) in [6.45, 7) is 0.883. The third-order valence-corrected chi connectivity index (χ3v) is 8.34. The summed E-state index contributed by atoms with van der Waals surface area (Å²) in [6.07, 6.45) is -0.313. The topological polar surface area (TPSA) is 134 Å². The maximum Gasteiger partial charge on any atom is 0.410 e. The number of carbonyl (C=O) groups is 2. The first kappa shape index (κ1) is 38.1. The highest BCUT2D eigenvalue weighted by molar-refractivity contribution is 6.32. The van der Waals surface area contributed by atoms with E-state index in [2.05, 4.69) is 20.5 Å². The summed E-state index contributed by atoms with van der Waals surface area (Å²) < 4.78 is 87.7. The first-order valence-electron chi connectivity index (χ1n) is 15.8. The minimum absolute atomic E-state index is 0.0246. The Morgan fingerprint density at radius 3 is 2.35 bits per heavy atom. The third-order valence-electron chi connectivity index (χ3n) is 8.03. The van der Waals surface area contributed by atoms with Crippen LogP contribution in [0, 0.1) is 10.8 Å². The highest BCUT2D eigenvalue weighted by Gasteiger charge is 2.47. The SMILES string of the molecule is CC(C)(C)CCNC(=N)N(C(=O)c1ccc(-c2cnn(C(F)F)c2)cc1)[C@H](COC(=O)N1CC(F)(F)C1)c1ccc(Cl)c(-n2ncnc2C(F)F)c1. The summed E-state index contributed by atoms with van der Waals surface area (Å²) in [7, 11) is 0. The van der Waals surface area contributed by atoms with Crippen molar-refractivity contribution >= 4 is 29.6 Å². The summed E-state index contributed by atoms with van der Waals surface area (Å²) in [6, 6.07) is 8.49. The number of likely N-dealkylation sites (tertiary alicyclic amines) is 1. The lowest BCUT2D eigenvalue weighted by Crippen LogP contribution is -2.58. The van der Waals surface area contributed by atoms with Crippen LogP contribution < -0.4 is 5.32 Å². The summed E-state index contributed by atoms with van der Waals surface area (Å²) in [5.41, 5.74) is 0.726. The molecule has 12 nitrogen and oxygen atoms in total. The average Bonchev–Trinajstić information content (AvgIpc) is 3.76. The van der Waals surface area contributed by atoms with Gasteiger partial charge in [0.2, 0.25) is 0 Å². The lowest BCUT2D eigenvalue weighted by atomic mass is 9.92. The lowest BCUT2D eigenvalue weighted by Gasteiger charge is -2.38. The molecule has 1 aliphatic rings. The van der Waals surface area contributed by atoms with Gasteiger partial charge in [0.25, 0.3) is 18.3 Å². The van der Waals surface area contributed by atoms with Crippen LogP contribution in [0.3, 0.4) is 0 Å². The van der Waals surface area contributed by atoms with Gasteiger partial charge in [0, 0.05) is 23.9 Å². The van der Waals surface area contributed by atoms with Gasteiger partial charge in [0.05, 0.1) is 36.0 Å². The van der Waals surface area contributed by atoms with Crippen LogP contribution in [0.25, 0.3) is 16.8 Å². The quantitative estimate of drug-likeness (QED) is 0.0930. The number of nitrogens with zero attached hydrogens (tertiary/aromatic N) is 7. The molecule has 0 saturated carbocycles. The van der Waals surface area contributed by atoms with E-state index in [9.17, 15) is 35.9 Å². The molecule has 52 heavy (non-hydrogen) atoms. The van der Waals surface area contributed by atoms with Gasteiger partial charge in [-0.3, -0.25) is 20.0 Å². The first-order chi connectivity index (χ1) is 24.4. The average molecular weight is 754 g/mol. The van der Waals surface area contributed by atoms with E-state index in [1.54, 1.807) is 0 Å². The number of rotatable bonds is 11. The van der Waals surface area contributed by atoms with Gasteiger partial charge in [-0.1, -0.05) is 50.6 Å². The normalized spacial score (nSPS) is 14.7. The summed E-state index contributed by atoms with van der Waals surface area (Å²) >= 11 is 6.41. The Morgan fingerprint density at radius 1 is 1.06 bits per heavy atom. The standard InChI is InChI=1S/C33H34ClF6N9O3/c1-32(2,3)10-11-42-30(41)48(28(50)20-6-4-19(5-7-20)22-13-44-47(14-22)29(37)38)25(15-52-31(51)46-16-33(39,40)17-46)21-8-9-23(34)24(12-21)49-27(26(35)36)43-18-45-49/h4-9,12-14,18,25-26,29H,10-11,15-17H2,1-3H3,(H2,41,42)/t25-/m1/s1. The van der Waals surface area contributed by atoms with Crippen molar-refractivity contribution < 1.29 is 40.7 Å². The van der Waals surface area contributed by atoms with Gasteiger partial charge in [-0.25, -0.2) is 36.7 Å². The Bertz CT molecular complexity index is 1900. The molecule has 278 valence electrons. The molecular formula is C33H34ClF6N9O3. The number of hydrogen-bond donors (Lipinski definition) is 2. The van der Waals surface area contributed by atoms with Crippen LogP contribution in [0.5, 0.6) is 0 Å². The van der Waals surface area contributed by atoms with Gasteiger partial charge in [-0.2, -0.15) is 19.0 Å². The summed E-state index contributed by atoms with van der Waals surface area (Å²) in [5.74, 6) is -5.04. The van der Waals surface area contributed by atoms with Crippen LogP contribution in [-0.2, 0) is 4.74 Å². The van der Waals surface area contributed by atoms with Crippen LogP contribution in [0.4, 0.5) is 31.1 Å². The molecule has 1 atom stereocenters. The number of benzene rings is 2. The Morgan fingerprint density at radius 2 is 1.75 bits per heavy atom. The number of halogens is 7. The smallest absolute Gasteiger partial charge is 0.410 e. The number of alkyl halides is 6. The van der Waals surface area contributed by atoms with Crippen LogP contribution in [0.1, 0.15) is 68.0 Å². The van der Waals surface area contributed by atoms with Crippen molar-refractivity contribution in [1.29, 1.82) is 5.41 Å². The predicted octanol–water partition coefficient (Wildman–Crippen LogP) is 7.35. The van der Waals surface area contributed by atoms with Gasteiger partial charge in [-0.15, -0.1) is 0 Å². The van der Waals surface area contributed by atoms with Crippen molar-refractivity contribution in [3.63, 3.8) is 0 Å². The van der Waals surface area contributed by atoms with E-state index < -0.39 is 68.4 Å². The van der Waals surface area contributed by atoms with Crippen molar-refractivity contribution in [3.05, 3.63) is 83.2 Å². The molecule has 0 radical (unpaired) electrons. The van der Waals surface area contributed by atoms with Crippen molar-refractivity contribution in [2.45, 2.75) is 52.1 Å². The number of carbonyl (C=O) groups excluding carboxylic acids is 2. The number of guanidine groups is 1. The van der Waals surface area contributed by atoms with Crippen LogP contribution in [0.15, 0.2) is 61.2 Å². The fourth-order valence-electron chi connectivity index (χ4n) is 5.26. The van der Waals surface area contributed by atoms with E-state index in [4.69, 9.17) is 21.7 Å². The van der Waals surface area contributed by atoms with E-state index >= 15 is 0 Å². The van der Waals surface area contributed by atoms with E-state index in [0.29, 0.717) is 22.2 Å². The first-order valence-corrected chi connectivity index (χ1v) is 16.2. The fourth-order valence-corrected chi connectivity index (χ4v) is 5.46. The molecule has 0 aliphatic carbocycles. The molecule has 2 aromatic heterocycles. The van der Waals surface area contributed by atoms with Gasteiger partial charge < -0.3 is 10.1 Å². The molecule has 2 amide bonds. The minimum Gasteiger partial charge on any atom is -0.447 e. The molecule has 2 N–H and O–H groups in total. The number of amides is 2. The third kappa shape index (κ3) is 8.83. The van der Waals surface area contributed by atoms with Crippen molar-refractivity contribution in [3.8, 4) is 16.8 Å². The number of ether oxygens (including phenoxy) is 1. The number of nitrogens with one attached hydrogen (secondary N) is 2. The molecule has 0 spiro atoms. The van der Waals surface area contributed by atoms with Gasteiger partial charge in [-0.05, 0) is 47.2 Å². The van der Waals surface area contributed by atoms with Crippen LogP contribution in [0.2, 0.25) is 5.02 Å². The zero-order chi connectivity index (χ0) is 38.0. The maximum atomic E-state index is 14.4. The van der Waals surface area contributed by atoms with E-state index in [0.717, 1.165) is 27.0 Å². The van der Waals surface area contributed by atoms with Crippen molar-refractivity contribution in [1.82, 2.24) is 39.7 Å². The molecule has 1 fully saturated rings. The molecule has 4 aromatic rings. The highest BCUT2D eigenvalue weighted by Crippen LogP contribution is 2.33. The number of hydrogen-bond acceptors (Lipinski definition) is 7. The van der Waals surface area contributed by atoms with Crippen LogP contribution >= 0.6 is 11.6 Å². The minimum atomic E-state index is -3.09. The second kappa shape index (κ2) is 15.2. The Labute approximate surface area is 298 Å². The monoisotopic (exact) mass is 753 g/mol. The van der Waals surface area contributed by atoms with E-state index in [1.165, 1.54) is 48.7 Å². The zero-order valence-electron chi connectivity index (χ0n) is 28.0. The second-order valence-corrected chi connectivity index (χ2v) is 13.6. The second-order valence-electron chi connectivity index (χ2n) is 13.2. The fraction of sp³-hybridized carbons (Fsp3) is 0.394. The number of aromatic nitrogens is 5. The Hall–Kier alpha value is -5.13. The molecule has 2 aromatic carbocycles. The summed E-state index contributed by atoms with van der Waals surface area (Å²) in [4.78, 5) is 32.5. The van der Waals surface area contributed by atoms with E-state index in [1.807, 2.05) is 20.8 Å². The highest BCUT2D eigenvalue weighted by atomic mass is 35.5. The molecule has 1 saturated heterocycles. The molecule has 0 unspecified atom stereocenters. The predicted molar refractivity (Wildman–Crippen MR) is 177 cm³/mol. The molecule has 5 rings (SSSR count). The van der Waals surface area contributed by atoms with Crippen molar-refractivity contribution in [2.24, 2.45) is 5.41 Å². The molecule has 0 bridgehead atoms. The van der Waals surface area contributed by atoms with Gasteiger partial charge in [0.15, 0.2) is 11.8 Å². The largest absolute Gasteiger partial charge is 0.447 e. The summed E-state index contributed by atoms with van der Waals surface area (Å²) in [5, 5.41) is 19.4. The molecular weight excluding hydrogens is 720 g/mol. The molecule has 1 aliphatic heterocycles. The molecule has 3 heterocycles. The van der Waals surface area contributed by atoms with Gasteiger partial charge >= 0.3 is 12.6 Å². The van der Waals surface area contributed by atoms with E-state index in [-0.39, 0.29) is 33.8 Å². The lowest BCUT2D eigenvalue weighted by molar-refractivity contribution is -0.120. The maximum absolute atomic E-state index is 14.4. The van der Waals surface area contributed by atoms with Crippen LogP contribution in [-0.4, -0.2) is 84.5 Å². The van der Waals surface area contributed by atoms with Crippen molar-refractivity contribution in [2.75, 3.05) is 26.2 Å².